The average molecular weight is 342 g/mol. The molecule has 2 heterocycles. The second-order valence-electron chi connectivity index (χ2n) is 6.92. The van der Waals surface area contributed by atoms with E-state index in [4.69, 9.17) is 9.47 Å². The molecule has 1 saturated heterocycles. The predicted molar refractivity (Wildman–Crippen MR) is 91.5 cm³/mol. The van der Waals surface area contributed by atoms with Crippen molar-refractivity contribution in [2.24, 2.45) is 5.92 Å². The maximum Gasteiger partial charge on any atom is 0.334 e. The Labute approximate surface area is 147 Å². The summed E-state index contributed by atoms with van der Waals surface area (Å²) in [5.41, 5.74) is 2.48. The number of ether oxygens (including phenoxy) is 2. The summed E-state index contributed by atoms with van der Waals surface area (Å²) in [6.07, 6.45) is 5.19. The first-order valence-electron chi connectivity index (χ1n) is 8.55. The summed E-state index contributed by atoms with van der Waals surface area (Å²) in [5, 5.41) is 0. The standard InChI is InChI=1S/C20H22O5/c1-11-8-15-10-14(20(23)24-15)5-7-17(21)12(2)4-6-16-13(3)19(22)25-18(16)9-11/h9-10,15-16,18H,2-8H2,1H3/b11-9+/t15-,16-,18+/m0/s1. The van der Waals surface area contributed by atoms with Crippen molar-refractivity contribution in [3.8, 4) is 0 Å². The lowest BCUT2D eigenvalue weighted by atomic mass is 9.88. The van der Waals surface area contributed by atoms with E-state index in [1.165, 1.54) is 0 Å². The van der Waals surface area contributed by atoms with Crippen LogP contribution in [0.5, 0.6) is 0 Å². The molecule has 1 fully saturated rings. The van der Waals surface area contributed by atoms with Gasteiger partial charge in [0.25, 0.3) is 0 Å². The smallest absolute Gasteiger partial charge is 0.334 e. The lowest BCUT2D eigenvalue weighted by Gasteiger charge is -2.17. The minimum atomic E-state index is -0.397. The molecule has 0 amide bonds. The van der Waals surface area contributed by atoms with Gasteiger partial charge >= 0.3 is 11.9 Å². The summed E-state index contributed by atoms with van der Waals surface area (Å²) in [7, 11) is 0. The Balaban J connectivity index is 1.87. The van der Waals surface area contributed by atoms with Gasteiger partial charge < -0.3 is 9.47 Å². The SMILES string of the molecule is C=C1CC[C@H]2C(=C)C(=O)O[C@@H]2/C=C(\C)C[C@H]2C=C(CCC1=O)C(=O)O2. The minimum Gasteiger partial charge on any atom is -0.454 e. The number of ketones is 1. The molecule has 0 N–H and O–H groups in total. The van der Waals surface area contributed by atoms with Crippen LogP contribution >= 0.6 is 0 Å². The van der Waals surface area contributed by atoms with Crippen LogP contribution < -0.4 is 0 Å². The van der Waals surface area contributed by atoms with Gasteiger partial charge in [-0.15, -0.1) is 0 Å². The molecule has 0 aromatic carbocycles. The van der Waals surface area contributed by atoms with E-state index in [9.17, 15) is 14.4 Å². The van der Waals surface area contributed by atoms with Gasteiger partial charge in [0.1, 0.15) is 12.2 Å². The Morgan fingerprint density at radius 1 is 1.00 bits per heavy atom. The Hall–Kier alpha value is -2.43. The number of carbonyl (C=O) groups is 3. The quantitative estimate of drug-likeness (QED) is 0.384. The zero-order chi connectivity index (χ0) is 18.1. The number of rotatable bonds is 0. The number of hydrogen-bond acceptors (Lipinski definition) is 5. The molecule has 0 radical (unpaired) electrons. The monoisotopic (exact) mass is 342 g/mol. The fourth-order valence-corrected chi connectivity index (χ4v) is 3.51. The zero-order valence-electron chi connectivity index (χ0n) is 14.4. The first-order valence-corrected chi connectivity index (χ1v) is 8.55. The van der Waals surface area contributed by atoms with Crippen molar-refractivity contribution in [1.29, 1.82) is 0 Å². The van der Waals surface area contributed by atoms with Gasteiger partial charge in [0.2, 0.25) is 0 Å². The lowest BCUT2D eigenvalue weighted by molar-refractivity contribution is -0.139. The number of carbonyl (C=O) groups excluding carboxylic acids is 3. The van der Waals surface area contributed by atoms with Gasteiger partial charge in [-0.1, -0.05) is 18.7 Å². The van der Waals surface area contributed by atoms with Crippen LogP contribution in [0.1, 0.15) is 39.0 Å². The maximum absolute atomic E-state index is 12.2. The molecule has 3 rings (SSSR count). The maximum atomic E-state index is 12.2. The molecule has 3 atom stereocenters. The third-order valence-corrected chi connectivity index (χ3v) is 5.00. The molecular weight excluding hydrogens is 320 g/mol. The lowest BCUT2D eigenvalue weighted by Crippen LogP contribution is -2.16. The molecular formula is C20H22O5. The van der Waals surface area contributed by atoms with Crippen molar-refractivity contribution < 1.29 is 23.9 Å². The normalized spacial score (nSPS) is 33.0. The molecule has 25 heavy (non-hydrogen) atoms. The van der Waals surface area contributed by atoms with Crippen LogP contribution in [0.2, 0.25) is 0 Å². The van der Waals surface area contributed by atoms with Crippen LogP contribution in [-0.4, -0.2) is 29.9 Å². The number of esters is 2. The highest BCUT2D eigenvalue weighted by Gasteiger charge is 2.37. The van der Waals surface area contributed by atoms with E-state index in [2.05, 4.69) is 13.2 Å². The van der Waals surface area contributed by atoms with E-state index < -0.39 is 12.1 Å². The van der Waals surface area contributed by atoms with E-state index in [1.54, 1.807) is 6.08 Å². The van der Waals surface area contributed by atoms with Gasteiger partial charge in [-0.2, -0.15) is 0 Å². The molecule has 0 unspecified atom stereocenters. The van der Waals surface area contributed by atoms with Crippen molar-refractivity contribution in [2.45, 2.75) is 51.2 Å². The molecule has 5 nitrogen and oxygen atoms in total. The summed E-state index contributed by atoms with van der Waals surface area (Å²) < 4.78 is 10.8. The minimum absolute atomic E-state index is 0.0617. The third kappa shape index (κ3) is 3.65. The van der Waals surface area contributed by atoms with Gasteiger partial charge in [-0.05, 0) is 43.9 Å². The van der Waals surface area contributed by atoms with Gasteiger partial charge in [0, 0.05) is 29.9 Å². The van der Waals surface area contributed by atoms with Crippen LogP contribution in [-0.2, 0) is 23.9 Å². The third-order valence-electron chi connectivity index (χ3n) is 5.00. The van der Waals surface area contributed by atoms with Crippen molar-refractivity contribution in [2.75, 3.05) is 0 Å². The fraction of sp³-hybridized carbons (Fsp3) is 0.450. The van der Waals surface area contributed by atoms with Crippen LogP contribution in [0.3, 0.4) is 0 Å². The summed E-state index contributed by atoms with van der Waals surface area (Å²) in [4.78, 5) is 36.1. The molecule has 2 aliphatic heterocycles. The molecule has 2 bridgehead atoms. The Kier molecular flexibility index (Phi) is 4.75. The number of hydrogen-bond donors (Lipinski definition) is 0. The summed E-state index contributed by atoms with van der Waals surface area (Å²) in [6.45, 7) is 9.63. The first kappa shape index (κ1) is 17.4. The summed E-state index contributed by atoms with van der Waals surface area (Å²) in [5.74, 6) is -0.972. The van der Waals surface area contributed by atoms with Crippen LogP contribution in [0.25, 0.3) is 0 Å². The van der Waals surface area contributed by atoms with E-state index in [0.29, 0.717) is 42.4 Å². The fourth-order valence-electron chi connectivity index (χ4n) is 3.51. The number of allylic oxidation sites excluding steroid dienone is 1. The van der Waals surface area contributed by atoms with Crippen LogP contribution in [0.4, 0.5) is 0 Å². The topological polar surface area (TPSA) is 69.7 Å². The van der Waals surface area contributed by atoms with Crippen molar-refractivity contribution in [1.82, 2.24) is 0 Å². The molecule has 0 aromatic rings. The van der Waals surface area contributed by atoms with Gasteiger partial charge in [-0.25, -0.2) is 9.59 Å². The summed E-state index contributed by atoms with van der Waals surface area (Å²) in [6, 6.07) is 0. The van der Waals surface area contributed by atoms with E-state index >= 15 is 0 Å². The highest BCUT2D eigenvalue weighted by Crippen LogP contribution is 2.34. The molecule has 5 heteroatoms. The molecule has 0 aromatic heterocycles. The van der Waals surface area contributed by atoms with Crippen molar-refractivity contribution in [3.05, 3.63) is 47.6 Å². The van der Waals surface area contributed by atoms with E-state index in [0.717, 1.165) is 5.57 Å². The van der Waals surface area contributed by atoms with E-state index in [-0.39, 0.29) is 30.2 Å². The zero-order valence-corrected chi connectivity index (χ0v) is 14.4. The Morgan fingerprint density at radius 3 is 2.52 bits per heavy atom. The first-order chi connectivity index (χ1) is 11.8. The second kappa shape index (κ2) is 6.82. The largest absolute Gasteiger partial charge is 0.454 e. The van der Waals surface area contributed by atoms with Crippen molar-refractivity contribution >= 4 is 17.7 Å². The van der Waals surface area contributed by atoms with Gasteiger partial charge in [-0.3, -0.25) is 4.79 Å². The van der Waals surface area contributed by atoms with Gasteiger partial charge in [0.15, 0.2) is 5.78 Å². The molecule has 132 valence electrons. The number of fused-ring (bicyclic) bond motifs is 2. The predicted octanol–water partition coefficient (Wildman–Crippen LogP) is 2.97. The van der Waals surface area contributed by atoms with Crippen LogP contribution in [0.15, 0.2) is 47.6 Å². The molecule has 1 aliphatic carbocycles. The van der Waals surface area contributed by atoms with Gasteiger partial charge in [0.05, 0.1) is 0 Å². The molecule has 3 aliphatic rings. The average Bonchev–Trinajstić information content (AvgIpc) is 3.02. The highest BCUT2D eigenvalue weighted by atomic mass is 16.6. The summed E-state index contributed by atoms with van der Waals surface area (Å²) >= 11 is 0. The number of Topliss-reactive ketones (excluding diaryl/α,β-unsaturated/α-hetero) is 1. The van der Waals surface area contributed by atoms with E-state index in [1.807, 2.05) is 13.0 Å². The van der Waals surface area contributed by atoms with Crippen molar-refractivity contribution in [3.63, 3.8) is 0 Å². The second-order valence-corrected chi connectivity index (χ2v) is 6.92. The Morgan fingerprint density at radius 2 is 1.76 bits per heavy atom. The molecule has 0 saturated carbocycles. The Bertz CT molecular complexity index is 724. The van der Waals surface area contributed by atoms with Crippen LogP contribution in [0, 0.1) is 5.92 Å². The highest BCUT2D eigenvalue weighted by molar-refractivity contribution is 5.97. The molecule has 0 spiro atoms.